The van der Waals surface area contributed by atoms with Crippen LogP contribution in [0.4, 0.5) is 0 Å². The van der Waals surface area contributed by atoms with Crippen LogP contribution in [0.15, 0.2) is 24.3 Å². The second-order valence-corrected chi connectivity index (χ2v) is 6.95. The molecule has 0 unspecified atom stereocenters. The number of morpholine rings is 1. The van der Waals surface area contributed by atoms with Gasteiger partial charge in [-0.3, -0.25) is 14.5 Å². The third kappa shape index (κ3) is 4.19. The van der Waals surface area contributed by atoms with E-state index < -0.39 is 6.04 Å². The van der Waals surface area contributed by atoms with E-state index >= 15 is 0 Å². The maximum atomic E-state index is 12.7. The molecule has 6 nitrogen and oxygen atoms in total. The molecular weight excluding hydrogens is 318 g/mol. The highest BCUT2D eigenvalue weighted by atomic mass is 16.5. The molecule has 2 amide bonds. The van der Waals surface area contributed by atoms with Gasteiger partial charge in [0.25, 0.3) is 5.91 Å². The summed E-state index contributed by atoms with van der Waals surface area (Å²) < 4.78 is 5.56. The van der Waals surface area contributed by atoms with Crippen LogP contribution in [0.2, 0.25) is 0 Å². The Morgan fingerprint density at radius 1 is 1.20 bits per heavy atom. The highest BCUT2D eigenvalue weighted by Gasteiger charge is 2.33. The monoisotopic (exact) mass is 345 g/mol. The van der Waals surface area contributed by atoms with Crippen molar-refractivity contribution in [3.05, 3.63) is 35.4 Å². The van der Waals surface area contributed by atoms with E-state index in [-0.39, 0.29) is 17.9 Å². The Hall–Kier alpha value is -1.92. The SMILES string of the molecule is C[C@H]1OCCN(Cc2cccc(C(=O)N3CCCCC3)c2)[C@@H]1C(N)=O. The molecule has 2 atom stereocenters. The molecule has 0 spiro atoms. The van der Waals surface area contributed by atoms with Crippen molar-refractivity contribution in [2.75, 3.05) is 26.2 Å². The average molecular weight is 345 g/mol. The largest absolute Gasteiger partial charge is 0.375 e. The first kappa shape index (κ1) is 17.9. The number of rotatable bonds is 4. The maximum absolute atomic E-state index is 12.7. The molecule has 2 saturated heterocycles. The maximum Gasteiger partial charge on any atom is 0.253 e. The summed E-state index contributed by atoms with van der Waals surface area (Å²) in [6.45, 7) is 5.38. The van der Waals surface area contributed by atoms with Gasteiger partial charge >= 0.3 is 0 Å². The van der Waals surface area contributed by atoms with Gasteiger partial charge in [0.1, 0.15) is 6.04 Å². The zero-order valence-corrected chi connectivity index (χ0v) is 14.8. The predicted molar refractivity (Wildman–Crippen MR) is 95.0 cm³/mol. The van der Waals surface area contributed by atoms with Crippen LogP contribution in [0.1, 0.15) is 42.1 Å². The van der Waals surface area contributed by atoms with Crippen LogP contribution in [0.3, 0.4) is 0 Å². The Bertz CT molecular complexity index is 628. The molecule has 3 rings (SSSR count). The molecule has 136 valence electrons. The molecule has 0 radical (unpaired) electrons. The van der Waals surface area contributed by atoms with Crippen molar-refractivity contribution in [1.29, 1.82) is 0 Å². The summed E-state index contributed by atoms with van der Waals surface area (Å²) in [6.07, 6.45) is 3.15. The highest BCUT2D eigenvalue weighted by Crippen LogP contribution is 2.19. The average Bonchev–Trinajstić information content (AvgIpc) is 2.62. The van der Waals surface area contributed by atoms with Crippen molar-refractivity contribution >= 4 is 11.8 Å². The van der Waals surface area contributed by atoms with Gasteiger partial charge in [-0.05, 0) is 43.9 Å². The van der Waals surface area contributed by atoms with Gasteiger partial charge in [-0.25, -0.2) is 0 Å². The van der Waals surface area contributed by atoms with E-state index in [0.29, 0.717) is 19.7 Å². The topological polar surface area (TPSA) is 75.9 Å². The number of hydrogen-bond acceptors (Lipinski definition) is 4. The Morgan fingerprint density at radius 2 is 1.96 bits per heavy atom. The van der Waals surface area contributed by atoms with E-state index in [0.717, 1.165) is 37.1 Å². The van der Waals surface area contributed by atoms with Crippen molar-refractivity contribution in [2.24, 2.45) is 5.73 Å². The van der Waals surface area contributed by atoms with Crippen LogP contribution in [0.5, 0.6) is 0 Å². The third-order valence-corrected chi connectivity index (χ3v) is 5.09. The molecule has 2 aliphatic heterocycles. The van der Waals surface area contributed by atoms with Crippen LogP contribution < -0.4 is 5.73 Å². The van der Waals surface area contributed by atoms with Crippen LogP contribution in [0.25, 0.3) is 0 Å². The first-order valence-corrected chi connectivity index (χ1v) is 9.09. The quantitative estimate of drug-likeness (QED) is 0.895. The second-order valence-electron chi connectivity index (χ2n) is 6.95. The molecule has 6 heteroatoms. The van der Waals surface area contributed by atoms with Gasteiger partial charge in [-0.15, -0.1) is 0 Å². The van der Waals surface area contributed by atoms with Gasteiger partial charge < -0.3 is 15.4 Å². The number of benzene rings is 1. The lowest BCUT2D eigenvalue weighted by molar-refractivity contribution is -0.136. The minimum Gasteiger partial charge on any atom is -0.375 e. The number of primary amides is 1. The van der Waals surface area contributed by atoms with E-state index in [9.17, 15) is 9.59 Å². The molecule has 0 bridgehead atoms. The van der Waals surface area contributed by atoms with Crippen molar-refractivity contribution in [3.8, 4) is 0 Å². The number of ether oxygens (including phenoxy) is 1. The lowest BCUT2D eigenvalue weighted by atomic mass is 10.0. The summed E-state index contributed by atoms with van der Waals surface area (Å²) in [7, 11) is 0. The fourth-order valence-corrected chi connectivity index (χ4v) is 3.79. The van der Waals surface area contributed by atoms with E-state index in [1.165, 1.54) is 6.42 Å². The normalized spacial score (nSPS) is 24.9. The van der Waals surface area contributed by atoms with Crippen molar-refractivity contribution in [1.82, 2.24) is 9.80 Å². The summed E-state index contributed by atoms with van der Waals surface area (Å²) >= 11 is 0. The predicted octanol–water partition coefficient (Wildman–Crippen LogP) is 1.39. The second kappa shape index (κ2) is 7.97. The van der Waals surface area contributed by atoms with Crippen molar-refractivity contribution in [2.45, 2.75) is 44.9 Å². The van der Waals surface area contributed by atoms with Crippen LogP contribution in [-0.2, 0) is 16.1 Å². The number of carbonyl (C=O) groups excluding carboxylic acids is 2. The Labute approximate surface area is 148 Å². The third-order valence-electron chi connectivity index (χ3n) is 5.09. The molecule has 0 saturated carbocycles. The van der Waals surface area contributed by atoms with Gasteiger partial charge in [0.2, 0.25) is 5.91 Å². The molecule has 2 fully saturated rings. The smallest absolute Gasteiger partial charge is 0.253 e. The number of nitrogens with two attached hydrogens (primary N) is 1. The van der Waals surface area contributed by atoms with Gasteiger partial charge in [-0.2, -0.15) is 0 Å². The summed E-state index contributed by atoms with van der Waals surface area (Å²) in [6, 6.07) is 7.28. The summed E-state index contributed by atoms with van der Waals surface area (Å²) in [5.41, 5.74) is 7.29. The Morgan fingerprint density at radius 3 is 2.68 bits per heavy atom. The highest BCUT2D eigenvalue weighted by molar-refractivity contribution is 5.94. The molecule has 0 aliphatic carbocycles. The van der Waals surface area contributed by atoms with E-state index in [4.69, 9.17) is 10.5 Å². The summed E-state index contributed by atoms with van der Waals surface area (Å²) in [4.78, 5) is 28.5. The number of likely N-dealkylation sites (tertiary alicyclic amines) is 1. The van der Waals surface area contributed by atoms with Gasteiger partial charge in [0.15, 0.2) is 0 Å². The number of amides is 2. The molecule has 1 aromatic rings. The minimum atomic E-state index is -0.435. The van der Waals surface area contributed by atoms with Gasteiger partial charge in [-0.1, -0.05) is 12.1 Å². The number of hydrogen-bond donors (Lipinski definition) is 1. The standard InChI is InChI=1S/C19H27N3O3/c1-14-17(18(20)23)22(10-11-25-14)13-15-6-5-7-16(12-15)19(24)21-8-3-2-4-9-21/h5-7,12,14,17H,2-4,8-11,13H2,1H3,(H2,20,23)/t14-,17+/m1/s1. The fourth-order valence-electron chi connectivity index (χ4n) is 3.79. The molecule has 2 heterocycles. The number of carbonyl (C=O) groups is 2. The van der Waals surface area contributed by atoms with Crippen molar-refractivity contribution in [3.63, 3.8) is 0 Å². The Kier molecular flexibility index (Phi) is 5.71. The molecule has 2 aliphatic rings. The minimum absolute atomic E-state index is 0.100. The first-order chi connectivity index (χ1) is 12.1. The van der Waals surface area contributed by atoms with E-state index in [1.54, 1.807) is 0 Å². The fraction of sp³-hybridized carbons (Fsp3) is 0.579. The summed E-state index contributed by atoms with van der Waals surface area (Å²) in [5, 5.41) is 0. The molecule has 1 aromatic carbocycles. The zero-order valence-electron chi connectivity index (χ0n) is 14.8. The van der Waals surface area contributed by atoms with E-state index in [1.807, 2.05) is 41.0 Å². The molecule has 0 aromatic heterocycles. The zero-order chi connectivity index (χ0) is 17.8. The molecule has 25 heavy (non-hydrogen) atoms. The van der Waals surface area contributed by atoms with Gasteiger partial charge in [0, 0.05) is 31.7 Å². The van der Waals surface area contributed by atoms with Crippen LogP contribution in [-0.4, -0.2) is 60.0 Å². The Balaban J connectivity index is 1.72. The van der Waals surface area contributed by atoms with E-state index in [2.05, 4.69) is 0 Å². The number of piperidine rings is 1. The lowest BCUT2D eigenvalue weighted by Crippen LogP contribution is -2.56. The molecule has 2 N–H and O–H groups in total. The van der Waals surface area contributed by atoms with Crippen LogP contribution >= 0.6 is 0 Å². The first-order valence-electron chi connectivity index (χ1n) is 9.09. The number of nitrogens with zero attached hydrogens (tertiary/aromatic N) is 2. The summed E-state index contributed by atoms with van der Waals surface area (Å²) in [5.74, 6) is -0.268. The lowest BCUT2D eigenvalue weighted by Gasteiger charge is -2.38. The van der Waals surface area contributed by atoms with Crippen molar-refractivity contribution < 1.29 is 14.3 Å². The molecular formula is C19H27N3O3. The van der Waals surface area contributed by atoms with Crippen LogP contribution in [0, 0.1) is 0 Å². The van der Waals surface area contributed by atoms with Gasteiger partial charge in [0.05, 0.1) is 12.7 Å².